The lowest BCUT2D eigenvalue weighted by Gasteiger charge is -2.38. The van der Waals surface area contributed by atoms with Crippen molar-refractivity contribution in [3.8, 4) is 0 Å². The van der Waals surface area contributed by atoms with Crippen LogP contribution in [0.3, 0.4) is 0 Å². The predicted octanol–water partition coefficient (Wildman–Crippen LogP) is 1.32. The van der Waals surface area contributed by atoms with Crippen LogP contribution in [0.2, 0.25) is 0 Å². The molecule has 0 saturated carbocycles. The second-order valence-corrected chi connectivity index (χ2v) is 7.08. The maximum absolute atomic E-state index is 12.3. The largest absolute Gasteiger partial charge is 0.345 e. The van der Waals surface area contributed by atoms with Gasteiger partial charge in [0.25, 0.3) is 0 Å². The molecule has 3 rings (SSSR count). The topological polar surface area (TPSA) is 35.6 Å². The number of hydrogen-bond donors (Lipinski definition) is 1. The van der Waals surface area contributed by atoms with Crippen LogP contribution in [0.1, 0.15) is 38.5 Å². The molecule has 1 N–H and O–H groups in total. The van der Waals surface area contributed by atoms with Crippen LogP contribution in [0, 0.1) is 11.3 Å². The van der Waals surface area contributed by atoms with Crippen molar-refractivity contribution in [3.63, 3.8) is 0 Å². The van der Waals surface area contributed by atoms with E-state index >= 15 is 0 Å². The van der Waals surface area contributed by atoms with Crippen LogP contribution in [-0.4, -0.2) is 62.0 Å². The van der Waals surface area contributed by atoms with Crippen molar-refractivity contribution in [1.82, 2.24) is 15.1 Å². The summed E-state index contributed by atoms with van der Waals surface area (Å²) in [6.45, 7) is 6.87. The van der Waals surface area contributed by atoms with Crippen LogP contribution < -0.4 is 5.32 Å². The smallest absolute Gasteiger partial charge is 0.228 e. The van der Waals surface area contributed by atoms with E-state index in [1.54, 1.807) is 0 Å². The molecule has 3 heterocycles. The quantitative estimate of drug-likeness (QED) is 0.846. The number of amides is 1. The third-order valence-electron chi connectivity index (χ3n) is 5.85. The Morgan fingerprint density at radius 1 is 1.15 bits per heavy atom. The lowest BCUT2D eigenvalue weighted by molar-refractivity contribution is -0.137. The van der Waals surface area contributed by atoms with E-state index in [1.807, 2.05) is 11.9 Å². The molecule has 3 aliphatic heterocycles. The fourth-order valence-corrected chi connectivity index (χ4v) is 4.20. The number of rotatable bonds is 3. The molecule has 0 aromatic rings. The second-order valence-electron chi connectivity index (χ2n) is 7.08. The number of likely N-dealkylation sites (tertiary alicyclic amines) is 2. The predicted molar refractivity (Wildman–Crippen MR) is 80.6 cm³/mol. The SMILES string of the molecule is CN1CCC2(CCN(CCC3CCNCC3)CC2)C1=O. The molecule has 4 heteroatoms. The zero-order chi connectivity index (χ0) is 14.0. The zero-order valence-electron chi connectivity index (χ0n) is 12.9. The average molecular weight is 279 g/mol. The van der Waals surface area contributed by atoms with E-state index < -0.39 is 0 Å². The molecule has 3 fully saturated rings. The van der Waals surface area contributed by atoms with Crippen molar-refractivity contribution in [2.75, 3.05) is 46.3 Å². The first-order valence-corrected chi connectivity index (χ1v) is 8.38. The van der Waals surface area contributed by atoms with Crippen molar-refractivity contribution in [2.45, 2.75) is 38.5 Å². The summed E-state index contributed by atoms with van der Waals surface area (Å²) in [7, 11) is 1.96. The molecular weight excluding hydrogens is 250 g/mol. The van der Waals surface area contributed by atoms with Crippen LogP contribution in [0.5, 0.6) is 0 Å². The highest BCUT2D eigenvalue weighted by atomic mass is 16.2. The van der Waals surface area contributed by atoms with Crippen LogP contribution in [0.4, 0.5) is 0 Å². The molecule has 1 spiro atoms. The summed E-state index contributed by atoms with van der Waals surface area (Å²) in [6.07, 6.45) is 7.31. The summed E-state index contributed by atoms with van der Waals surface area (Å²) in [5.41, 5.74) is 0.0139. The Morgan fingerprint density at radius 2 is 1.80 bits per heavy atom. The van der Waals surface area contributed by atoms with Gasteiger partial charge in [0.1, 0.15) is 0 Å². The Labute approximate surface area is 122 Å². The number of piperidine rings is 2. The lowest BCUT2D eigenvalue weighted by Crippen LogP contribution is -2.44. The maximum atomic E-state index is 12.3. The van der Waals surface area contributed by atoms with Gasteiger partial charge in [-0.05, 0) is 77.2 Å². The van der Waals surface area contributed by atoms with Gasteiger partial charge in [-0.1, -0.05) is 0 Å². The maximum Gasteiger partial charge on any atom is 0.228 e. The van der Waals surface area contributed by atoms with Gasteiger partial charge in [-0.15, -0.1) is 0 Å². The molecule has 0 aromatic heterocycles. The summed E-state index contributed by atoms with van der Waals surface area (Å²) < 4.78 is 0. The average Bonchev–Trinajstić information content (AvgIpc) is 2.77. The minimum Gasteiger partial charge on any atom is -0.345 e. The van der Waals surface area contributed by atoms with Crippen molar-refractivity contribution in [3.05, 3.63) is 0 Å². The van der Waals surface area contributed by atoms with Gasteiger partial charge in [-0.2, -0.15) is 0 Å². The molecule has 3 saturated heterocycles. The van der Waals surface area contributed by atoms with Gasteiger partial charge in [0, 0.05) is 13.6 Å². The number of carbonyl (C=O) groups is 1. The summed E-state index contributed by atoms with van der Waals surface area (Å²) in [4.78, 5) is 16.8. The zero-order valence-corrected chi connectivity index (χ0v) is 12.9. The normalized spacial score (nSPS) is 28.4. The van der Waals surface area contributed by atoms with Crippen molar-refractivity contribution in [2.24, 2.45) is 11.3 Å². The highest BCUT2D eigenvalue weighted by Gasteiger charge is 2.46. The van der Waals surface area contributed by atoms with Gasteiger partial charge < -0.3 is 15.1 Å². The molecule has 3 aliphatic rings. The monoisotopic (exact) mass is 279 g/mol. The van der Waals surface area contributed by atoms with Crippen LogP contribution >= 0.6 is 0 Å². The molecule has 0 atom stereocenters. The van der Waals surface area contributed by atoms with E-state index in [-0.39, 0.29) is 5.41 Å². The molecule has 1 amide bonds. The van der Waals surface area contributed by atoms with Crippen LogP contribution in [0.15, 0.2) is 0 Å². The molecular formula is C16H29N3O. The molecule has 0 unspecified atom stereocenters. The number of nitrogens with one attached hydrogen (secondary N) is 1. The van der Waals surface area contributed by atoms with Crippen molar-refractivity contribution < 1.29 is 4.79 Å². The van der Waals surface area contributed by atoms with Gasteiger partial charge in [0.05, 0.1) is 5.41 Å². The van der Waals surface area contributed by atoms with Gasteiger partial charge in [0.2, 0.25) is 5.91 Å². The third-order valence-corrected chi connectivity index (χ3v) is 5.85. The Hall–Kier alpha value is -0.610. The molecule has 0 aliphatic carbocycles. The molecule has 0 aromatic carbocycles. The lowest BCUT2D eigenvalue weighted by atomic mass is 9.77. The Bertz CT molecular complexity index is 344. The number of hydrogen-bond acceptors (Lipinski definition) is 3. The van der Waals surface area contributed by atoms with Gasteiger partial charge in [0.15, 0.2) is 0 Å². The Kier molecular flexibility index (Phi) is 4.32. The minimum absolute atomic E-state index is 0.0139. The Morgan fingerprint density at radius 3 is 2.40 bits per heavy atom. The molecule has 20 heavy (non-hydrogen) atoms. The molecule has 4 nitrogen and oxygen atoms in total. The highest BCUT2D eigenvalue weighted by Crippen LogP contribution is 2.41. The molecule has 0 radical (unpaired) electrons. The van der Waals surface area contributed by atoms with Gasteiger partial charge >= 0.3 is 0 Å². The van der Waals surface area contributed by atoms with E-state index in [1.165, 1.54) is 38.9 Å². The van der Waals surface area contributed by atoms with Crippen LogP contribution in [0.25, 0.3) is 0 Å². The fourth-order valence-electron chi connectivity index (χ4n) is 4.20. The second kappa shape index (κ2) is 6.02. The van der Waals surface area contributed by atoms with E-state index in [0.29, 0.717) is 5.91 Å². The summed E-state index contributed by atoms with van der Waals surface area (Å²) in [5, 5.41) is 3.44. The van der Waals surface area contributed by atoms with E-state index in [2.05, 4.69) is 10.2 Å². The van der Waals surface area contributed by atoms with Gasteiger partial charge in [-0.3, -0.25) is 4.79 Å². The summed E-state index contributed by atoms with van der Waals surface area (Å²) in [5.74, 6) is 1.34. The van der Waals surface area contributed by atoms with E-state index in [4.69, 9.17) is 0 Å². The standard InChI is InChI=1S/C16H29N3O/c1-18-11-5-16(15(18)20)6-12-19(13-7-16)10-4-14-2-8-17-9-3-14/h14,17H,2-13H2,1H3. The highest BCUT2D eigenvalue weighted by molar-refractivity contribution is 5.84. The van der Waals surface area contributed by atoms with Crippen LogP contribution in [-0.2, 0) is 4.79 Å². The van der Waals surface area contributed by atoms with Crippen molar-refractivity contribution >= 4 is 5.91 Å². The third kappa shape index (κ3) is 2.86. The first-order valence-electron chi connectivity index (χ1n) is 8.38. The fraction of sp³-hybridized carbons (Fsp3) is 0.938. The van der Waals surface area contributed by atoms with Crippen molar-refractivity contribution in [1.29, 1.82) is 0 Å². The number of carbonyl (C=O) groups excluding carboxylic acids is 1. The first-order chi connectivity index (χ1) is 9.70. The summed E-state index contributed by atoms with van der Waals surface area (Å²) in [6, 6.07) is 0. The van der Waals surface area contributed by atoms with E-state index in [0.717, 1.165) is 44.8 Å². The molecule has 0 bridgehead atoms. The number of nitrogens with zero attached hydrogens (tertiary/aromatic N) is 2. The van der Waals surface area contributed by atoms with E-state index in [9.17, 15) is 4.79 Å². The first kappa shape index (κ1) is 14.3. The Balaban J connectivity index is 1.43. The summed E-state index contributed by atoms with van der Waals surface area (Å²) >= 11 is 0. The minimum atomic E-state index is 0.0139. The van der Waals surface area contributed by atoms with Gasteiger partial charge in [-0.25, -0.2) is 0 Å². The molecule has 114 valence electrons.